The van der Waals surface area contributed by atoms with E-state index in [1.807, 2.05) is 0 Å². The van der Waals surface area contributed by atoms with Crippen LogP contribution in [-0.4, -0.2) is 26.1 Å². The molecule has 0 bridgehead atoms. The second-order valence-electron chi connectivity index (χ2n) is 7.46. The van der Waals surface area contributed by atoms with Gasteiger partial charge in [0.05, 0.1) is 16.0 Å². The van der Waals surface area contributed by atoms with Crippen molar-refractivity contribution >= 4 is 27.6 Å². The molecular weight excluding hydrogens is 516 g/mol. The topological polar surface area (TPSA) is 92.7 Å². The smallest absolute Gasteiger partial charge is 0.416 e. The summed E-state index contributed by atoms with van der Waals surface area (Å²) in [6, 6.07) is 1.75. The van der Waals surface area contributed by atoms with Crippen molar-refractivity contribution in [1.82, 2.24) is 4.72 Å². The van der Waals surface area contributed by atoms with E-state index in [9.17, 15) is 39.6 Å². The maximum Gasteiger partial charge on any atom is 0.416 e. The number of alkyl halides is 6. The number of halogens is 7. The predicted octanol–water partition coefficient (Wildman–Crippen LogP) is 5.20. The van der Waals surface area contributed by atoms with Crippen LogP contribution in [0.2, 0.25) is 5.02 Å². The van der Waals surface area contributed by atoms with Crippen LogP contribution >= 0.6 is 11.6 Å². The van der Waals surface area contributed by atoms with Crippen molar-refractivity contribution < 1.29 is 49.4 Å². The first-order valence-corrected chi connectivity index (χ1v) is 11.4. The monoisotopic (exact) mass is 531 g/mol. The molecule has 6 nitrogen and oxygen atoms in total. The van der Waals surface area contributed by atoms with Crippen molar-refractivity contribution in [3.05, 3.63) is 57.6 Å². The van der Waals surface area contributed by atoms with Crippen LogP contribution in [-0.2, 0) is 33.6 Å². The molecule has 1 aliphatic rings. The van der Waals surface area contributed by atoms with Crippen molar-refractivity contribution in [1.29, 1.82) is 0 Å². The third-order valence-electron chi connectivity index (χ3n) is 5.02. The molecule has 0 spiro atoms. The van der Waals surface area contributed by atoms with Crippen LogP contribution in [0.1, 0.15) is 41.1 Å². The lowest BCUT2D eigenvalue weighted by molar-refractivity contribution is -0.143. The first-order chi connectivity index (χ1) is 15.6. The summed E-state index contributed by atoms with van der Waals surface area (Å²) >= 11 is 6.04. The molecule has 1 aliphatic carbocycles. The normalized spacial score (nSPS) is 16.7. The number of hydrogen-bond donors (Lipinski definition) is 2. The molecule has 0 aromatic heterocycles. The molecule has 1 atom stereocenters. The van der Waals surface area contributed by atoms with Crippen molar-refractivity contribution in [3.63, 3.8) is 0 Å². The molecule has 0 heterocycles. The van der Waals surface area contributed by atoms with Gasteiger partial charge < -0.3 is 9.84 Å². The van der Waals surface area contributed by atoms with E-state index in [2.05, 4.69) is 4.72 Å². The third kappa shape index (κ3) is 5.94. The summed E-state index contributed by atoms with van der Waals surface area (Å²) in [5.74, 6) is -1.18. The van der Waals surface area contributed by atoms with Crippen molar-refractivity contribution in [2.75, 3.05) is 6.61 Å². The summed E-state index contributed by atoms with van der Waals surface area (Å²) in [4.78, 5) is 9.62. The number of hydrogen-bond acceptors (Lipinski definition) is 4. The largest absolute Gasteiger partial charge is 0.482 e. The van der Waals surface area contributed by atoms with Gasteiger partial charge in [-0.2, -0.15) is 26.3 Å². The lowest BCUT2D eigenvalue weighted by Crippen LogP contribution is -2.32. The fourth-order valence-corrected chi connectivity index (χ4v) is 5.11. The number of benzene rings is 2. The first-order valence-electron chi connectivity index (χ1n) is 9.56. The zero-order valence-corrected chi connectivity index (χ0v) is 18.5. The third-order valence-corrected chi connectivity index (χ3v) is 6.69. The van der Waals surface area contributed by atoms with E-state index in [4.69, 9.17) is 21.4 Å². The van der Waals surface area contributed by atoms with E-state index >= 15 is 0 Å². The molecule has 0 saturated carbocycles. The predicted molar refractivity (Wildman–Crippen MR) is 107 cm³/mol. The van der Waals surface area contributed by atoms with Crippen LogP contribution in [0.4, 0.5) is 26.3 Å². The van der Waals surface area contributed by atoms with E-state index in [1.165, 1.54) is 12.1 Å². The highest BCUT2D eigenvalue weighted by Crippen LogP contribution is 2.40. The molecule has 0 unspecified atom stereocenters. The van der Waals surface area contributed by atoms with Gasteiger partial charge in [-0.1, -0.05) is 11.6 Å². The van der Waals surface area contributed by atoms with E-state index in [-0.39, 0.29) is 41.0 Å². The number of rotatable bonds is 6. The maximum absolute atomic E-state index is 13.1. The average Bonchev–Trinajstić information content (AvgIpc) is 2.70. The Morgan fingerprint density at radius 2 is 1.65 bits per heavy atom. The van der Waals surface area contributed by atoms with Crippen molar-refractivity contribution in [3.8, 4) is 5.75 Å². The Morgan fingerprint density at radius 3 is 2.18 bits per heavy atom. The minimum atomic E-state index is -5.22. The molecular formula is C20H16ClF6NO5S. The highest BCUT2D eigenvalue weighted by Gasteiger charge is 2.39. The minimum absolute atomic E-state index is 0.0728. The zero-order valence-electron chi connectivity index (χ0n) is 16.9. The molecule has 34 heavy (non-hydrogen) atoms. The van der Waals surface area contributed by atoms with Gasteiger partial charge in [-0.05, 0) is 60.7 Å². The molecule has 0 amide bonds. The Hall–Kier alpha value is -2.51. The quantitative estimate of drug-likeness (QED) is 0.500. The van der Waals surface area contributed by atoms with Gasteiger partial charge in [-0.3, -0.25) is 0 Å². The van der Waals surface area contributed by atoms with Crippen molar-refractivity contribution in [2.45, 2.75) is 42.6 Å². The van der Waals surface area contributed by atoms with Crippen LogP contribution < -0.4 is 9.46 Å². The molecule has 3 rings (SSSR count). The Balaban J connectivity index is 2.02. The number of ether oxygens (including phenoxy) is 1. The Bertz CT molecular complexity index is 1180. The molecule has 0 saturated heterocycles. The number of fused-ring (bicyclic) bond motifs is 1. The van der Waals surface area contributed by atoms with Gasteiger partial charge in [0.2, 0.25) is 10.0 Å². The van der Waals surface area contributed by atoms with Crippen LogP contribution in [0.3, 0.4) is 0 Å². The number of carboxylic acids is 1. The van der Waals surface area contributed by atoms with E-state index in [1.54, 1.807) is 0 Å². The van der Waals surface area contributed by atoms with Gasteiger partial charge in [0, 0.05) is 11.1 Å². The van der Waals surface area contributed by atoms with E-state index in [0.29, 0.717) is 18.4 Å². The molecule has 2 aromatic carbocycles. The Labute approximate surface area is 194 Å². The van der Waals surface area contributed by atoms with Gasteiger partial charge >= 0.3 is 18.3 Å². The molecule has 14 heteroatoms. The number of sulfonamides is 1. The summed E-state index contributed by atoms with van der Waals surface area (Å²) < 4.78 is 112. The number of carbonyl (C=O) groups is 1. The number of aliphatic carboxylic acids is 1. The number of carboxylic acid groups (broad SMARTS) is 1. The molecule has 2 N–H and O–H groups in total. The fourth-order valence-electron chi connectivity index (χ4n) is 3.58. The molecule has 0 fully saturated rings. The summed E-state index contributed by atoms with van der Waals surface area (Å²) in [7, 11) is -4.85. The van der Waals surface area contributed by atoms with E-state index < -0.39 is 57.0 Å². The van der Waals surface area contributed by atoms with Gasteiger partial charge in [-0.25, -0.2) is 17.9 Å². The first kappa shape index (κ1) is 26.1. The van der Waals surface area contributed by atoms with Gasteiger partial charge in [0.25, 0.3) is 0 Å². The highest BCUT2D eigenvalue weighted by atomic mass is 35.5. The summed E-state index contributed by atoms with van der Waals surface area (Å²) in [6.45, 7) is -0.701. The Kier molecular flexibility index (Phi) is 7.11. The van der Waals surface area contributed by atoms with Crippen LogP contribution in [0.5, 0.6) is 5.75 Å². The van der Waals surface area contributed by atoms with Gasteiger partial charge in [0.15, 0.2) is 6.61 Å². The standard InChI is InChI=1S/C20H16ClF6NO5S/c21-12-7-15-14(17(8-12)33-9-18(29)30)2-1-3-16(15)28-34(31,32)13-5-10(19(22,23)24)4-11(6-13)20(25,26)27/h4-8,16,28H,1-3,9H2,(H,29,30)/t16-/m1/s1. The lowest BCUT2D eigenvalue weighted by atomic mass is 9.87. The van der Waals surface area contributed by atoms with Gasteiger partial charge in [-0.15, -0.1) is 0 Å². The maximum atomic E-state index is 13.1. The lowest BCUT2D eigenvalue weighted by Gasteiger charge is -2.28. The van der Waals surface area contributed by atoms with Crippen LogP contribution in [0, 0.1) is 0 Å². The van der Waals surface area contributed by atoms with E-state index in [0.717, 1.165) is 0 Å². The SMILES string of the molecule is O=C(O)COc1cc(Cl)cc2c1CCC[C@H]2NS(=O)(=O)c1cc(C(F)(F)F)cc(C(F)(F)F)c1. The van der Waals surface area contributed by atoms with Crippen LogP contribution in [0.15, 0.2) is 35.2 Å². The van der Waals surface area contributed by atoms with Crippen molar-refractivity contribution in [2.24, 2.45) is 0 Å². The Morgan fingerprint density at radius 1 is 1.06 bits per heavy atom. The summed E-state index contributed by atoms with van der Waals surface area (Å²) in [5, 5.41) is 8.90. The summed E-state index contributed by atoms with van der Waals surface area (Å²) in [6.07, 6.45) is -9.53. The van der Waals surface area contributed by atoms with Crippen LogP contribution in [0.25, 0.3) is 0 Å². The molecule has 0 radical (unpaired) electrons. The zero-order chi connectivity index (χ0) is 25.5. The molecule has 0 aliphatic heterocycles. The molecule has 2 aromatic rings. The number of nitrogens with one attached hydrogen (secondary N) is 1. The second kappa shape index (κ2) is 9.27. The average molecular weight is 532 g/mol. The second-order valence-corrected chi connectivity index (χ2v) is 9.61. The minimum Gasteiger partial charge on any atom is -0.482 e. The summed E-state index contributed by atoms with van der Waals surface area (Å²) in [5.41, 5.74) is -2.81. The fraction of sp³-hybridized carbons (Fsp3) is 0.350. The highest BCUT2D eigenvalue weighted by molar-refractivity contribution is 7.89. The van der Waals surface area contributed by atoms with Gasteiger partial charge in [0.1, 0.15) is 5.75 Å². The molecule has 186 valence electrons.